The van der Waals surface area contributed by atoms with Crippen molar-refractivity contribution in [1.82, 2.24) is 10.2 Å². The zero-order valence-electron chi connectivity index (χ0n) is 13.2. The molecule has 114 valence electrons. The van der Waals surface area contributed by atoms with Crippen LogP contribution >= 0.6 is 0 Å². The maximum absolute atomic E-state index is 12.8. The highest BCUT2D eigenvalue weighted by atomic mass is 16.2. The lowest BCUT2D eigenvalue weighted by Crippen LogP contribution is -2.67. The van der Waals surface area contributed by atoms with Crippen LogP contribution in [0, 0.1) is 11.8 Å². The SMILES string of the molecule is CCC1CCCCC1N1C(=O)C(C(C)C)NC(=O)C1C. The van der Waals surface area contributed by atoms with Gasteiger partial charge in [-0.15, -0.1) is 0 Å². The van der Waals surface area contributed by atoms with E-state index in [0.717, 1.165) is 12.8 Å². The van der Waals surface area contributed by atoms with Crippen molar-refractivity contribution in [3.63, 3.8) is 0 Å². The number of carbonyl (C=O) groups is 2. The number of piperazine rings is 1. The van der Waals surface area contributed by atoms with Crippen molar-refractivity contribution < 1.29 is 9.59 Å². The number of amides is 2. The Morgan fingerprint density at radius 1 is 1.25 bits per heavy atom. The van der Waals surface area contributed by atoms with E-state index in [2.05, 4.69) is 12.2 Å². The van der Waals surface area contributed by atoms with Crippen molar-refractivity contribution in [2.75, 3.05) is 0 Å². The first-order valence-electron chi connectivity index (χ1n) is 8.09. The summed E-state index contributed by atoms with van der Waals surface area (Å²) in [5, 5.41) is 2.89. The normalized spacial score (nSPS) is 35.4. The van der Waals surface area contributed by atoms with Gasteiger partial charge in [0, 0.05) is 6.04 Å². The second-order valence-corrected chi connectivity index (χ2v) is 6.67. The summed E-state index contributed by atoms with van der Waals surface area (Å²) >= 11 is 0. The van der Waals surface area contributed by atoms with Gasteiger partial charge in [0.15, 0.2) is 0 Å². The summed E-state index contributed by atoms with van der Waals surface area (Å²) in [6, 6.07) is -0.420. The van der Waals surface area contributed by atoms with Gasteiger partial charge in [-0.2, -0.15) is 0 Å². The average Bonchev–Trinajstić information content (AvgIpc) is 2.43. The maximum Gasteiger partial charge on any atom is 0.246 e. The summed E-state index contributed by atoms with van der Waals surface area (Å²) in [5.74, 6) is 0.820. The minimum atomic E-state index is -0.349. The van der Waals surface area contributed by atoms with Gasteiger partial charge in [0.1, 0.15) is 12.1 Å². The molecular formula is C16H28N2O2. The first-order chi connectivity index (χ1) is 9.47. The van der Waals surface area contributed by atoms with Gasteiger partial charge in [-0.25, -0.2) is 0 Å². The van der Waals surface area contributed by atoms with Crippen LogP contribution in [-0.2, 0) is 9.59 Å². The molecule has 0 radical (unpaired) electrons. The van der Waals surface area contributed by atoms with Gasteiger partial charge in [-0.05, 0) is 31.6 Å². The summed E-state index contributed by atoms with van der Waals surface area (Å²) in [6.45, 7) is 8.05. The van der Waals surface area contributed by atoms with Crippen molar-refractivity contribution in [2.24, 2.45) is 11.8 Å². The summed E-state index contributed by atoms with van der Waals surface area (Å²) < 4.78 is 0. The van der Waals surface area contributed by atoms with E-state index in [9.17, 15) is 9.59 Å². The van der Waals surface area contributed by atoms with Gasteiger partial charge < -0.3 is 10.2 Å². The molecule has 0 aromatic carbocycles. The number of rotatable bonds is 3. The third-order valence-electron chi connectivity index (χ3n) is 5.03. The fraction of sp³-hybridized carbons (Fsp3) is 0.875. The topological polar surface area (TPSA) is 49.4 Å². The largest absolute Gasteiger partial charge is 0.342 e. The molecule has 4 unspecified atom stereocenters. The van der Waals surface area contributed by atoms with E-state index >= 15 is 0 Å². The number of nitrogens with one attached hydrogen (secondary N) is 1. The first kappa shape index (κ1) is 15.3. The van der Waals surface area contributed by atoms with Crippen LogP contribution in [0.2, 0.25) is 0 Å². The van der Waals surface area contributed by atoms with E-state index in [1.165, 1.54) is 19.3 Å². The van der Waals surface area contributed by atoms with Crippen molar-refractivity contribution in [3.05, 3.63) is 0 Å². The molecule has 2 rings (SSSR count). The Labute approximate surface area is 122 Å². The Balaban J connectivity index is 2.25. The smallest absolute Gasteiger partial charge is 0.246 e. The van der Waals surface area contributed by atoms with E-state index in [1.54, 1.807) is 0 Å². The predicted molar refractivity (Wildman–Crippen MR) is 79.1 cm³/mol. The van der Waals surface area contributed by atoms with Crippen molar-refractivity contribution in [2.45, 2.75) is 77.9 Å². The molecule has 4 atom stereocenters. The van der Waals surface area contributed by atoms with Crippen LogP contribution in [-0.4, -0.2) is 34.8 Å². The molecule has 1 N–H and O–H groups in total. The van der Waals surface area contributed by atoms with E-state index in [0.29, 0.717) is 5.92 Å². The summed E-state index contributed by atoms with van der Waals surface area (Å²) in [5.41, 5.74) is 0. The van der Waals surface area contributed by atoms with Gasteiger partial charge >= 0.3 is 0 Å². The van der Waals surface area contributed by atoms with Gasteiger partial charge in [-0.3, -0.25) is 9.59 Å². The lowest BCUT2D eigenvalue weighted by Gasteiger charge is -2.47. The molecule has 4 nitrogen and oxygen atoms in total. The molecule has 20 heavy (non-hydrogen) atoms. The van der Waals surface area contributed by atoms with Crippen LogP contribution in [0.3, 0.4) is 0 Å². The molecule has 2 aliphatic rings. The fourth-order valence-electron chi connectivity index (χ4n) is 3.75. The standard InChI is InChI=1S/C16H28N2O2/c1-5-12-8-6-7-9-13(12)18-11(4)15(19)17-14(10(2)3)16(18)20/h10-14H,5-9H2,1-4H3,(H,17,19). The number of hydrogen-bond donors (Lipinski definition) is 1. The average molecular weight is 280 g/mol. The Kier molecular flexibility index (Phi) is 4.71. The molecule has 1 saturated carbocycles. The second-order valence-electron chi connectivity index (χ2n) is 6.67. The van der Waals surface area contributed by atoms with Crippen LogP contribution in [0.1, 0.15) is 59.8 Å². The fourth-order valence-corrected chi connectivity index (χ4v) is 3.75. The molecule has 1 saturated heterocycles. The first-order valence-corrected chi connectivity index (χ1v) is 8.09. The molecular weight excluding hydrogens is 252 g/mol. The van der Waals surface area contributed by atoms with Gasteiger partial charge in [0.2, 0.25) is 11.8 Å². The van der Waals surface area contributed by atoms with Gasteiger partial charge in [-0.1, -0.05) is 40.0 Å². The third kappa shape index (κ3) is 2.70. The quantitative estimate of drug-likeness (QED) is 0.862. The molecule has 1 aliphatic heterocycles. The lowest BCUT2D eigenvalue weighted by molar-refractivity contribution is -0.155. The third-order valence-corrected chi connectivity index (χ3v) is 5.03. The molecule has 2 fully saturated rings. The molecule has 1 aliphatic carbocycles. The molecule has 0 spiro atoms. The van der Waals surface area contributed by atoms with Crippen LogP contribution < -0.4 is 5.32 Å². The van der Waals surface area contributed by atoms with Crippen LogP contribution in [0.25, 0.3) is 0 Å². The monoisotopic (exact) mass is 280 g/mol. The Hall–Kier alpha value is -1.06. The Morgan fingerprint density at radius 2 is 1.90 bits per heavy atom. The minimum Gasteiger partial charge on any atom is -0.342 e. The maximum atomic E-state index is 12.8. The highest BCUT2D eigenvalue weighted by Crippen LogP contribution is 2.33. The van der Waals surface area contributed by atoms with Crippen LogP contribution in [0.5, 0.6) is 0 Å². The van der Waals surface area contributed by atoms with E-state index in [-0.39, 0.29) is 35.9 Å². The zero-order valence-corrected chi connectivity index (χ0v) is 13.2. The molecule has 0 aromatic rings. The predicted octanol–water partition coefficient (Wildman–Crippen LogP) is 2.33. The highest BCUT2D eigenvalue weighted by molar-refractivity contribution is 5.97. The molecule has 0 bridgehead atoms. The summed E-state index contributed by atoms with van der Waals surface area (Å²) in [4.78, 5) is 26.9. The van der Waals surface area contributed by atoms with Crippen molar-refractivity contribution in [1.29, 1.82) is 0 Å². The van der Waals surface area contributed by atoms with Crippen molar-refractivity contribution >= 4 is 11.8 Å². The number of carbonyl (C=O) groups excluding carboxylic acids is 2. The number of nitrogens with zero attached hydrogens (tertiary/aromatic N) is 1. The molecule has 2 amide bonds. The molecule has 4 heteroatoms. The lowest BCUT2D eigenvalue weighted by atomic mass is 9.80. The number of hydrogen-bond acceptors (Lipinski definition) is 2. The van der Waals surface area contributed by atoms with E-state index < -0.39 is 0 Å². The second kappa shape index (κ2) is 6.15. The Bertz CT molecular complexity index is 381. The summed E-state index contributed by atoms with van der Waals surface area (Å²) in [7, 11) is 0. The van der Waals surface area contributed by atoms with Crippen molar-refractivity contribution in [3.8, 4) is 0 Å². The van der Waals surface area contributed by atoms with Gasteiger partial charge in [0.05, 0.1) is 0 Å². The molecule has 1 heterocycles. The zero-order chi connectivity index (χ0) is 14.9. The molecule has 0 aromatic heterocycles. The summed E-state index contributed by atoms with van der Waals surface area (Å²) in [6.07, 6.45) is 5.75. The minimum absolute atomic E-state index is 0.00345. The van der Waals surface area contributed by atoms with Crippen LogP contribution in [0.4, 0.5) is 0 Å². The van der Waals surface area contributed by atoms with E-state index in [1.807, 2.05) is 25.7 Å². The Morgan fingerprint density at radius 3 is 2.50 bits per heavy atom. The van der Waals surface area contributed by atoms with Crippen LogP contribution in [0.15, 0.2) is 0 Å². The van der Waals surface area contributed by atoms with Gasteiger partial charge in [0.25, 0.3) is 0 Å². The highest BCUT2D eigenvalue weighted by Gasteiger charge is 2.44. The van der Waals surface area contributed by atoms with E-state index in [4.69, 9.17) is 0 Å².